The lowest BCUT2D eigenvalue weighted by Crippen LogP contribution is -2.16. The molecular formula is C16H12F3N5OS. The molecule has 0 atom stereocenters. The highest BCUT2D eigenvalue weighted by molar-refractivity contribution is 7.99. The molecule has 26 heavy (non-hydrogen) atoms. The van der Waals surface area contributed by atoms with Crippen LogP contribution >= 0.6 is 11.8 Å². The predicted molar refractivity (Wildman–Crippen MR) is 89.9 cm³/mol. The second-order valence-corrected chi connectivity index (χ2v) is 6.11. The summed E-state index contributed by atoms with van der Waals surface area (Å²) in [5.41, 5.74) is 0.339. The molecule has 2 aromatic heterocycles. The van der Waals surface area contributed by atoms with Crippen molar-refractivity contribution < 1.29 is 18.0 Å². The molecule has 6 nitrogen and oxygen atoms in total. The number of nitrogens with one attached hydrogen (secondary N) is 1. The fourth-order valence-corrected chi connectivity index (χ4v) is 2.84. The van der Waals surface area contributed by atoms with Crippen LogP contribution in [0.25, 0.3) is 11.4 Å². The monoisotopic (exact) mass is 379 g/mol. The minimum Gasteiger partial charge on any atom is -0.323 e. The lowest BCUT2D eigenvalue weighted by Gasteiger charge is -2.07. The van der Waals surface area contributed by atoms with Crippen molar-refractivity contribution in [2.45, 2.75) is 5.16 Å². The zero-order chi connectivity index (χ0) is 18.7. The summed E-state index contributed by atoms with van der Waals surface area (Å²) in [5, 5.41) is 10.7. The van der Waals surface area contributed by atoms with Gasteiger partial charge in [0, 0.05) is 25.0 Å². The minimum absolute atomic E-state index is 0.114. The third kappa shape index (κ3) is 3.69. The number of carbonyl (C=O) groups excluding carboxylic acids is 1. The van der Waals surface area contributed by atoms with E-state index >= 15 is 0 Å². The van der Waals surface area contributed by atoms with E-state index in [1.54, 1.807) is 30.1 Å². The molecule has 0 aliphatic rings. The molecule has 0 spiro atoms. The van der Waals surface area contributed by atoms with Gasteiger partial charge in [0.25, 0.3) is 0 Å². The van der Waals surface area contributed by atoms with Gasteiger partial charge >= 0.3 is 0 Å². The maximum absolute atomic E-state index is 13.6. The van der Waals surface area contributed by atoms with Crippen LogP contribution in [0.4, 0.5) is 18.9 Å². The molecule has 134 valence electrons. The molecule has 1 amide bonds. The molecule has 2 heterocycles. The van der Waals surface area contributed by atoms with E-state index in [-0.39, 0.29) is 5.75 Å². The van der Waals surface area contributed by atoms with Crippen molar-refractivity contribution in [3.63, 3.8) is 0 Å². The molecule has 1 aromatic carbocycles. The quantitative estimate of drug-likeness (QED) is 0.545. The van der Waals surface area contributed by atoms with Crippen molar-refractivity contribution in [1.82, 2.24) is 19.7 Å². The highest BCUT2D eigenvalue weighted by Crippen LogP contribution is 2.23. The smallest absolute Gasteiger partial charge is 0.234 e. The first kappa shape index (κ1) is 17.9. The first-order valence-electron chi connectivity index (χ1n) is 7.33. The molecule has 0 radical (unpaired) electrons. The van der Waals surface area contributed by atoms with Gasteiger partial charge in [-0.25, -0.2) is 13.2 Å². The standard InChI is InChI=1S/C16H12F3N5OS/c1-24-15(9-3-2-6-20-7-9)22-23-16(24)26-8-12(25)21-11-5-4-10(17)13(18)14(11)19/h2-7H,8H2,1H3,(H,21,25). The number of amides is 1. The summed E-state index contributed by atoms with van der Waals surface area (Å²) in [6, 6.07) is 5.29. The highest BCUT2D eigenvalue weighted by Gasteiger charge is 2.17. The van der Waals surface area contributed by atoms with Gasteiger partial charge in [0.1, 0.15) is 0 Å². The summed E-state index contributed by atoms with van der Waals surface area (Å²) < 4.78 is 41.3. The van der Waals surface area contributed by atoms with E-state index in [1.807, 2.05) is 6.07 Å². The average Bonchev–Trinajstić information content (AvgIpc) is 3.02. The molecule has 0 fully saturated rings. The molecule has 3 aromatic rings. The van der Waals surface area contributed by atoms with E-state index in [0.29, 0.717) is 11.0 Å². The topological polar surface area (TPSA) is 72.7 Å². The van der Waals surface area contributed by atoms with Crippen molar-refractivity contribution in [3.05, 3.63) is 54.1 Å². The van der Waals surface area contributed by atoms with Crippen LogP contribution in [0.1, 0.15) is 0 Å². The van der Waals surface area contributed by atoms with Crippen LogP contribution in [0.2, 0.25) is 0 Å². The van der Waals surface area contributed by atoms with E-state index in [4.69, 9.17) is 0 Å². The summed E-state index contributed by atoms with van der Waals surface area (Å²) in [6.45, 7) is 0. The van der Waals surface area contributed by atoms with E-state index in [0.717, 1.165) is 29.5 Å². The molecule has 0 aliphatic carbocycles. The van der Waals surface area contributed by atoms with E-state index < -0.39 is 29.0 Å². The molecule has 0 bridgehead atoms. The Morgan fingerprint density at radius 2 is 2.00 bits per heavy atom. The molecule has 10 heteroatoms. The molecule has 0 unspecified atom stereocenters. The Balaban J connectivity index is 1.66. The van der Waals surface area contributed by atoms with Gasteiger partial charge in [0.2, 0.25) is 5.91 Å². The third-order valence-electron chi connectivity index (χ3n) is 3.40. The van der Waals surface area contributed by atoms with Gasteiger partial charge in [0.15, 0.2) is 28.4 Å². The predicted octanol–water partition coefficient (Wildman–Crippen LogP) is 3.03. The Morgan fingerprint density at radius 3 is 2.73 bits per heavy atom. The summed E-state index contributed by atoms with van der Waals surface area (Å²) in [4.78, 5) is 15.9. The maximum atomic E-state index is 13.6. The molecule has 0 saturated carbocycles. The SMILES string of the molecule is Cn1c(SCC(=O)Nc2ccc(F)c(F)c2F)nnc1-c1cccnc1. The van der Waals surface area contributed by atoms with Crippen LogP contribution in [0.3, 0.4) is 0 Å². The van der Waals surface area contributed by atoms with Gasteiger partial charge in [-0.2, -0.15) is 0 Å². The first-order chi connectivity index (χ1) is 12.5. The first-order valence-corrected chi connectivity index (χ1v) is 8.32. The van der Waals surface area contributed by atoms with E-state index in [9.17, 15) is 18.0 Å². The second-order valence-electron chi connectivity index (χ2n) is 5.17. The van der Waals surface area contributed by atoms with Gasteiger partial charge in [0.05, 0.1) is 11.4 Å². The van der Waals surface area contributed by atoms with Crippen LogP contribution in [-0.4, -0.2) is 31.4 Å². The number of anilines is 1. The molecule has 3 rings (SSSR count). The van der Waals surface area contributed by atoms with Crippen molar-refractivity contribution in [2.75, 3.05) is 11.1 Å². The van der Waals surface area contributed by atoms with Crippen LogP contribution in [-0.2, 0) is 11.8 Å². The Hall–Kier alpha value is -2.88. The number of aromatic nitrogens is 4. The number of pyridine rings is 1. The second kappa shape index (κ2) is 7.56. The Bertz CT molecular complexity index is 949. The Labute approximate surface area is 150 Å². The lowest BCUT2D eigenvalue weighted by molar-refractivity contribution is -0.113. The zero-order valence-corrected chi connectivity index (χ0v) is 14.2. The minimum atomic E-state index is -1.63. The lowest BCUT2D eigenvalue weighted by atomic mass is 10.3. The number of thioether (sulfide) groups is 1. The number of hydrogen-bond acceptors (Lipinski definition) is 5. The Kier molecular flexibility index (Phi) is 5.21. The van der Waals surface area contributed by atoms with Crippen molar-refractivity contribution >= 4 is 23.4 Å². The van der Waals surface area contributed by atoms with Crippen molar-refractivity contribution in [2.24, 2.45) is 7.05 Å². The summed E-state index contributed by atoms with van der Waals surface area (Å²) >= 11 is 1.07. The number of rotatable bonds is 5. The fourth-order valence-electron chi connectivity index (χ4n) is 2.13. The van der Waals surface area contributed by atoms with Crippen LogP contribution < -0.4 is 5.32 Å². The molecule has 0 saturated heterocycles. The van der Waals surface area contributed by atoms with E-state index in [2.05, 4.69) is 20.5 Å². The maximum Gasteiger partial charge on any atom is 0.234 e. The number of benzene rings is 1. The van der Waals surface area contributed by atoms with Gasteiger partial charge in [-0.1, -0.05) is 11.8 Å². The van der Waals surface area contributed by atoms with Crippen molar-refractivity contribution in [1.29, 1.82) is 0 Å². The van der Waals surface area contributed by atoms with E-state index in [1.165, 1.54) is 0 Å². The molecule has 1 N–H and O–H groups in total. The zero-order valence-electron chi connectivity index (χ0n) is 13.4. The van der Waals surface area contributed by atoms with Crippen molar-refractivity contribution in [3.8, 4) is 11.4 Å². The van der Waals surface area contributed by atoms with Crippen LogP contribution in [0.15, 0.2) is 41.8 Å². The Morgan fingerprint density at radius 1 is 1.19 bits per heavy atom. The number of nitrogens with zero attached hydrogens (tertiary/aromatic N) is 4. The third-order valence-corrected chi connectivity index (χ3v) is 4.42. The highest BCUT2D eigenvalue weighted by atomic mass is 32.2. The summed E-state index contributed by atoms with van der Waals surface area (Å²) in [5.74, 6) is -4.53. The molecule has 0 aliphatic heterocycles. The number of halogens is 3. The van der Waals surface area contributed by atoms with Crippen LogP contribution in [0.5, 0.6) is 0 Å². The normalized spacial score (nSPS) is 10.8. The average molecular weight is 379 g/mol. The number of carbonyl (C=O) groups is 1. The summed E-state index contributed by atoms with van der Waals surface area (Å²) in [7, 11) is 1.73. The van der Waals surface area contributed by atoms with Gasteiger partial charge in [-0.15, -0.1) is 10.2 Å². The number of hydrogen-bond donors (Lipinski definition) is 1. The molecular weight excluding hydrogens is 367 g/mol. The van der Waals surface area contributed by atoms with Gasteiger partial charge < -0.3 is 9.88 Å². The largest absolute Gasteiger partial charge is 0.323 e. The van der Waals surface area contributed by atoms with Crippen LogP contribution in [0, 0.1) is 17.5 Å². The summed E-state index contributed by atoms with van der Waals surface area (Å²) in [6.07, 6.45) is 3.27. The van der Waals surface area contributed by atoms with Gasteiger partial charge in [-0.05, 0) is 24.3 Å². The fraction of sp³-hybridized carbons (Fsp3) is 0.125. The van der Waals surface area contributed by atoms with Gasteiger partial charge in [-0.3, -0.25) is 9.78 Å².